The second kappa shape index (κ2) is 7.96. The van der Waals surface area contributed by atoms with Crippen molar-refractivity contribution in [2.75, 3.05) is 11.5 Å². The maximum atomic E-state index is 11.3. The molecule has 0 radical (unpaired) electrons. The Morgan fingerprint density at radius 1 is 0.667 bits per heavy atom. The van der Waals surface area contributed by atoms with E-state index in [1.165, 1.54) is 12.1 Å². The zero-order valence-corrected chi connectivity index (χ0v) is 14.5. The van der Waals surface area contributed by atoms with Gasteiger partial charge in [-0.05, 0) is 24.3 Å². The molecule has 0 saturated carbocycles. The van der Waals surface area contributed by atoms with Gasteiger partial charge in [0.25, 0.3) is 0 Å². The van der Waals surface area contributed by atoms with Crippen molar-refractivity contribution < 1.29 is 63.7 Å². The number of benzene rings is 2. The second-order valence-electron chi connectivity index (χ2n) is 4.42. The molecular formula is C12H10Li2N2O6S2. The summed E-state index contributed by atoms with van der Waals surface area (Å²) in [4.78, 5) is -1.44. The van der Waals surface area contributed by atoms with Crippen LogP contribution in [0.4, 0.5) is 11.4 Å². The van der Waals surface area contributed by atoms with Crippen LogP contribution in [0.2, 0.25) is 0 Å². The fourth-order valence-corrected chi connectivity index (χ4v) is 3.39. The smallest absolute Gasteiger partial charge is 0.744 e. The molecule has 0 saturated heterocycles. The van der Waals surface area contributed by atoms with Crippen molar-refractivity contribution in [1.29, 1.82) is 0 Å². The number of rotatable bonds is 3. The largest absolute Gasteiger partial charge is 1.00 e. The van der Waals surface area contributed by atoms with Crippen molar-refractivity contribution in [3.05, 3.63) is 36.4 Å². The van der Waals surface area contributed by atoms with Crippen LogP contribution in [0, 0.1) is 0 Å². The molecular weight excluding hydrogens is 346 g/mol. The van der Waals surface area contributed by atoms with Gasteiger partial charge in [0.2, 0.25) is 0 Å². The SMILES string of the molecule is Nc1ccc(-c2ccc(N)cc2S(=O)(=O)[O-])c(S(=O)(=O)[O-])c1.[Li+].[Li+]. The molecule has 24 heavy (non-hydrogen) atoms. The zero-order valence-electron chi connectivity index (χ0n) is 12.9. The molecule has 0 aliphatic carbocycles. The van der Waals surface area contributed by atoms with Crippen molar-refractivity contribution in [3.63, 3.8) is 0 Å². The fourth-order valence-electron chi connectivity index (χ4n) is 1.94. The van der Waals surface area contributed by atoms with Crippen LogP contribution >= 0.6 is 0 Å². The van der Waals surface area contributed by atoms with Gasteiger partial charge in [-0.1, -0.05) is 12.1 Å². The average Bonchev–Trinajstić information content (AvgIpc) is 2.37. The Morgan fingerprint density at radius 3 is 1.21 bits per heavy atom. The van der Waals surface area contributed by atoms with E-state index in [4.69, 9.17) is 11.5 Å². The molecule has 4 N–H and O–H groups in total. The molecule has 0 heterocycles. The van der Waals surface area contributed by atoms with E-state index in [1.807, 2.05) is 0 Å². The Balaban J connectivity index is 0.00000264. The van der Waals surface area contributed by atoms with Crippen molar-refractivity contribution >= 4 is 31.6 Å². The quantitative estimate of drug-likeness (QED) is 0.312. The zero-order chi connectivity index (χ0) is 16.7. The van der Waals surface area contributed by atoms with E-state index in [2.05, 4.69) is 0 Å². The van der Waals surface area contributed by atoms with Gasteiger partial charge in [0.15, 0.2) is 0 Å². The first-order valence-corrected chi connectivity index (χ1v) is 8.53. The number of hydrogen-bond acceptors (Lipinski definition) is 8. The van der Waals surface area contributed by atoms with Crippen LogP contribution in [-0.2, 0) is 20.2 Å². The molecule has 0 aliphatic heterocycles. The van der Waals surface area contributed by atoms with E-state index in [0.29, 0.717) is 0 Å². The summed E-state index contributed by atoms with van der Waals surface area (Å²) in [6.07, 6.45) is 0. The van der Waals surface area contributed by atoms with Crippen LogP contribution in [0.25, 0.3) is 11.1 Å². The molecule has 8 nitrogen and oxygen atoms in total. The normalized spacial score (nSPS) is 11.2. The van der Waals surface area contributed by atoms with Crippen LogP contribution in [0.1, 0.15) is 0 Å². The van der Waals surface area contributed by atoms with Crippen LogP contribution in [-0.4, -0.2) is 25.9 Å². The predicted molar refractivity (Wildman–Crippen MR) is 76.6 cm³/mol. The van der Waals surface area contributed by atoms with E-state index in [1.54, 1.807) is 0 Å². The van der Waals surface area contributed by atoms with Gasteiger partial charge in [0.05, 0.1) is 9.79 Å². The third-order valence-corrected chi connectivity index (χ3v) is 4.59. The summed E-state index contributed by atoms with van der Waals surface area (Å²) in [5, 5.41) is 0. The van der Waals surface area contributed by atoms with Crippen molar-refractivity contribution in [2.45, 2.75) is 9.79 Å². The van der Waals surface area contributed by atoms with E-state index >= 15 is 0 Å². The second-order valence-corrected chi connectivity index (χ2v) is 7.12. The van der Waals surface area contributed by atoms with Gasteiger partial charge in [-0.3, -0.25) is 0 Å². The first-order valence-electron chi connectivity index (χ1n) is 5.71. The third kappa shape index (κ3) is 5.02. The Hall–Kier alpha value is -0.945. The van der Waals surface area contributed by atoms with Crippen molar-refractivity contribution in [1.82, 2.24) is 0 Å². The molecule has 12 heteroatoms. The monoisotopic (exact) mass is 356 g/mol. The van der Waals surface area contributed by atoms with E-state index < -0.39 is 30.0 Å². The fraction of sp³-hybridized carbons (Fsp3) is 0. The molecule has 118 valence electrons. The van der Waals surface area contributed by atoms with E-state index in [-0.39, 0.29) is 60.2 Å². The Bertz CT molecular complexity index is 882. The summed E-state index contributed by atoms with van der Waals surface area (Å²) < 4.78 is 68.1. The van der Waals surface area contributed by atoms with Crippen LogP contribution < -0.4 is 49.2 Å². The Kier molecular flexibility index (Phi) is 7.64. The minimum atomic E-state index is -4.93. The van der Waals surface area contributed by atoms with Gasteiger partial charge < -0.3 is 20.6 Å². The minimum absolute atomic E-state index is 0. The molecule has 0 bridgehead atoms. The molecule has 0 spiro atoms. The van der Waals surface area contributed by atoms with Gasteiger partial charge in [-0.2, -0.15) is 0 Å². The molecule has 0 aliphatic rings. The van der Waals surface area contributed by atoms with Crippen molar-refractivity contribution in [3.8, 4) is 11.1 Å². The van der Waals surface area contributed by atoms with Crippen LogP contribution in [0.15, 0.2) is 46.2 Å². The standard InChI is InChI=1S/C12H12N2O6S2.2Li/c13-7-1-3-9(11(5-7)21(15,16)17)10-4-2-8(14)6-12(10)22(18,19)20;;/h1-6H,13-14H2,(H,15,16,17)(H,18,19,20);;/q;2*+1/p-2. The van der Waals surface area contributed by atoms with Gasteiger partial charge in [0.1, 0.15) is 20.2 Å². The molecule has 0 unspecified atom stereocenters. The first-order chi connectivity index (χ1) is 10.00. The molecule has 2 rings (SSSR count). The Morgan fingerprint density at radius 2 is 0.958 bits per heavy atom. The number of anilines is 2. The molecule has 2 aromatic rings. The summed E-state index contributed by atoms with van der Waals surface area (Å²) >= 11 is 0. The van der Waals surface area contributed by atoms with Crippen LogP contribution in [0.3, 0.4) is 0 Å². The molecule has 0 atom stereocenters. The van der Waals surface area contributed by atoms with Crippen molar-refractivity contribution in [2.24, 2.45) is 0 Å². The number of nitrogens with two attached hydrogens (primary N) is 2. The van der Waals surface area contributed by atoms with Gasteiger partial charge in [0, 0.05) is 22.5 Å². The molecule has 0 fully saturated rings. The minimum Gasteiger partial charge on any atom is -0.744 e. The van der Waals surface area contributed by atoms with Gasteiger partial charge in [-0.15, -0.1) is 0 Å². The first kappa shape index (κ1) is 23.1. The van der Waals surface area contributed by atoms with Gasteiger partial charge >= 0.3 is 37.7 Å². The number of nitrogen functional groups attached to an aromatic ring is 2. The summed E-state index contributed by atoms with van der Waals surface area (Å²) in [7, 11) is -9.87. The summed E-state index contributed by atoms with van der Waals surface area (Å²) in [6.45, 7) is 0. The summed E-state index contributed by atoms with van der Waals surface area (Å²) in [5.74, 6) is 0. The summed E-state index contributed by atoms with van der Waals surface area (Å²) in [5.41, 5.74) is 10.4. The molecule has 0 amide bonds. The Labute approximate surface area is 163 Å². The summed E-state index contributed by atoms with van der Waals surface area (Å²) in [6, 6.07) is 6.66. The van der Waals surface area contributed by atoms with E-state index in [9.17, 15) is 25.9 Å². The maximum absolute atomic E-state index is 11.3. The third-order valence-electron chi connectivity index (χ3n) is 2.84. The maximum Gasteiger partial charge on any atom is 1.00 e. The van der Waals surface area contributed by atoms with Gasteiger partial charge in [-0.25, -0.2) is 16.8 Å². The topological polar surface area (TPSA) is 166 Å². The number of hydrogen-bond donors (Lipinski definition) is 2. The van der Waals surface area contributed by atoms with E-state index in [0.717, 1.165) is 24.3 Å². The predicted octanol–water partition coefficient (Wildman–Crippen LogP) is -5.67. The average molecular weight is 356 g/mol. The molecule has 0 aromatic heterocycles. The molecule has 2 aromatic carbocycles. The van der Waals surface area contributed by atoms with Crippen LogP contribution in [0.5, 0.6) is 0 Å².